The molecule has 0 aliphatic rings. The minimum Gasteiger partial charge on any atom is -0.497 e. The van der Waals surface area contributed by atoms with E-state index >= 15 is 0 Å². The van der Waals surface area contributed by atoms with Crippen molar-refractivity contribution in [3.63, 3.8) is 0 Å². The highest BCUT2D eigenvalue weighted by atomic mass is 16.5. The fourth-order valence-electron chi connectivity index (χ4n) is 1.58. The van der Waals surface area contributed by atoms with Crippen molar-refractivity contribution in [2.45, 2.75) is 26.2 Å². The molecule has 0 aromatic heterocycles. The molecule has 20 heavy (non-hydrogen) atoms. The molecule has 5 heteroatoms. The summed E-state index contributed by atoms with van der Waals surface area (Å²) in [5.41, 5.74) is 6.70. The molecule has 0 atom stereocenters. The zero-order chi connectivity index (χ0) is 14.6. The summed E-state index contributed by atoms with van der Waals surface area (Å²) < 4.78 is 10.5. The fraction of sp³-hybridized carbons (Fsp3) is 0.533. The lowest BCUT2D eigenvalue weighted by atomic mass is 10.3. The highest BCUT2D eigenvalue weighted by Crippen LogP contribution is 2.14. The molecule has 5 nitrogen and oxygen atoms in total. The smallest absolute Gasteiger partial charge is 0.193 e. The lowest BCUT2D eigenvalue weighted by Gasteiger charge is -2.06. The Balaban J connectivity index is 2.20. The molecule has 1 aromatic carbocycles. The largest absolute Gasteiger partial charge is 0.497 e. The number of nitrogens with zero attached hydrogens (tertiary/aromatic N) is 1. The molecule has 0 unspecified atom stereocenters. The first-order valence-corrected chi connectivity index (χ1v) is 7.05. The monoisotopic (exact) mass is 279 g/mol. The van der Waals surface area contributed by atoms with Gasteiger partial charge < -0.3 is 20.5 Å². The van der Waals surface area contributed by atoms with Crippen LogP contribution in [0.1, 0.15) is 26.2 Å². The van der Waals surface area contributed by atoms with Crippen LogP contribution in [0.15, 0.2) is 29.3 Å². The minimum atomic E-state index is 0.420. The van der Waals surface area contributed by atoms with Gasteiger partial charge in [0.05, 0.1) is 7.11 Å². The van der Waals surface area contributed by atoms with E-state index in [9.17, 15) is 0 Å². The lowest BCUT2D eigenvalue weighted by molar-refractivity contribution is 0.130. The molecule has 0 heterocycles. The molecule has 0 amide bonds. The van der Waals surface area contributed by atoms with E-state index in [1.807, 2.05) is 24.3 Å². The highest BCUT2D eigenvalue weighted by molar-refractivity contribution is 5.92. The topological polar surface area (TPSA) is 68.9 Å². The van der Waals surface area contributed by atoms with Crippen molar-refractivity contribution in [2.75, 3.05) is 32.2 Å². The highest BCUT2D eigenvalue weighted by Gasteiger charge is 1.96. The molecule has 0 radical (unpaired) electrons. The average molecular weight is 279 g/mol. The van der Waals surface area contributed by atoms with Crippen molar-refractivity contribution in [1.82, 2.24) is 0 Å². The molecule has 0 aliphatic carbocycles. The number of anilines is 1. The van der Waals surface area contributed by atoms with E-state index in [1.165, 1.54) is 0 Å². The van der Waals surface area contributed by atoms with Crippen molar-refractivity contribution in [3.05, 3.63) is 24.3 Å². The number of guanidine groups is 1. The number of benzene rings is 1. The summed E-state index contributed by atoms with van der Waals surface area (Å²) in [6.07, 6.45) is 3.16. The first-order valence-electron chi connectivity index (χ1n) is 7.05. The summed E-state index contributed by atoms with van der Waals surface area (Å²) in [4.78, 5) is 4.25. The Morgan fingerprint density at radius 3 is 2.55 bits per heavy atom. The molecule has 112 valence electrons. The van der Waals surface area contributed by atoms with Gasteiger partial charge in [0.25, 0.3) is 0 Å². The maximum absolute atomic E-state index is 5.81. The van der Waals surface area contributed by atoms with Gasteiger partial charge in [-0.25, -0.2) is 0 Å². The number of ether oxygens (including phenoxy) is 2. The number of nitrogens with two attached hydrogens (primary N) is 1. The van der Waals surface area contributed by atoms with Crippen LogP contribution in [0.5, 0.6) is 5.75 Å². The van der Waals surface area contributed by atoms with Crippen LogP contribution in [0, 0.1) is 0 Å². The molecule has 1 aromatic rings. The Kier molecular flexibility index (Phi) is 8.22. The summed E-state index contributed by atoms with van der Waals surface area (Å²) in [6, 6.07) is 7.54. The maximum atomic E-state index is 5.81. The van der Waals surface area contributed by atoms with Gasteiger partial charge in [-0.05, 0) is 37.1 Å². The predicted molar refractivity (Wildman–Crippen MR) is 83.5 cm³/mol. The van der Waals surface area contributed by atoms with Gasteiger partial charge in [-0.2, -0.15) is 0 Å². The Bertz CT molecular complexity index is 391. The van der Waals surface area contributed by atoms with Gasteiger partial charge in [-0.15, -0.1) is 0 Å². The number of hydrogen-bond acceptors (Lipinski definition) is 3. The molecule has 3 N–H and O–H groups in total. The van der Waals surface area contributed by atoms with Crippen molar-refractivity contribution in [2.24, 2.45) is 10.7 Å². The molecule has 1 rings (SSSR count). The van der Waals surface area contributed by atoms with Crippen LogP contribution in [-0.4, -0.2) is 32.8 Å². The molecule has 0 saturated heterocycles. The first-order chi connectivity index (χ1) is 9.76. The molecular formula is C15H25N3O2. The van der Waals surface area contributed by atoms with E-state index in [0.717, 1.165) is 43.9 Å². The van der Waals surface area contributed by atoms with Crippen LogP contribution in [0.2, 0.25) is 0 Å². The van der Waals surface area contributed by atoms with E-state index in [-0.39, 0.29) is 0 Å². The van der Waals surface area contributed by atoms with Crippen molar-refractivity contribution in [3.8, 4) is 5.75 Å². The molecule has 0 spiro atoms. The number of unbranched alkanes of at least 4 members (excludes halogenated alkanes) is 1. The SMILES string of the molecule is CCCCOCCCN=C(N)Nc1ccc(OC)cc1. The van der Waals surface area contributed by atoms with Crippen LogP contribution in [-0.2, 0) is 4.74 Å². The van der Waals surface area contributed by atoms with Crippen LogP contribution >= 0.6 is 0 Å². The van der Waals surface area contributed by atoms with Gasteiger partial charge in [0.2, 0.25) is 0 Å². The quantitative estimate of drug-likeness (QED) is 0.414. The van der Waals surface area contributed by atoms with Gasteiger partial charge in [-0.3, -0.25) is 4.99 Å². The number of nitrogens with one attached hydrogen (secondary N) is 1. The third-order valence-electron chi connectivity index (χ3n) is 2.73. The maximum Gasteiger partial charge on any atom is 0.193 e. The Hall–Kier alpha value is -1.75. The summed E-state index contributed by atoms with van der Waals surface area (Å²) in [5.74, 6) is 1.24. The number of rotatable bonds is 9. The molecular weight excluding hydrogens is 254 g/mol. The molecule has 0 fully saturated rings. The van der Waals surface area contributed by atoms with E-state index in [0.29, 0.717) is 12.5 Å². The van der Waals surface area contributed by atoms with E-state index in [2.05, 4.69) is 17.2 Å². The minimum absolute atomic E-state index is 0.420. The van der Waals surface area contributed by atoms with Crippen LogP contribution in [0.4, 0.5) is 5.69 Å². The van der Waals surface area contributed by atoms with Crippen LogP contribution < -0.4 is 15.8 Å². The van der Waals surface area contributed by atoms with Crippen molar-refractivity contribution >= 4 is 11.6 Å². The first kappa shape index (κ1) is 16.3. The zero-order valence-electron chi connectivity index (χ0n) is 12.4. The van der Waals surface area contributed by atoms with Crippen LogP contribution in [0.25, 0.3) is 0 Å². The second-order valence-electron chi connectivity index (χ2n) is 4.44. The number of aliphatic imine (C=N–C) groups is 1. The third-order valence-corrected chi connectivity index (χ3v) is 2.73. The number of methoxy groups -OCH3 is 1. The van der Waals surface area contributed by atoms with Crippen molar-refractivity contribution < 1.29 is 9.47 Å². The summed E-state index contributed by atoms with van der Waals surface area (Å²) in [7, 11) is 1.64. The molecule has 0 bridgehead atoms. The normalized spacial score (nSPS) is 11.4. The second-order valence-corrected chi connectivity index (χ2v) is 4.44. The predicted octanol–water partition coefficient (Wildman–Crippen LogP) is 2.63. The summed E-state index contributed by atoms with van der Waals surface area (Å²) in [6.45, 7) is 4.39. The molecule has 0 saturated carbocycles. The van der Waals surface area contributed by atoms with Crippen molar-refractivity contribution in [1.29, 1.82) is 0 Å². The lowest BCUT2D eigenvalue weighted by Crippen LogP contribution is -2.22. The summed E-state index contributed by atoms with van der Waals surface area (Å²) in [5, 5.41) is 3.04. The van der Waals surface area contributed by atoms with Crippen LogP contribution in [0.3, 0.4) is 0 Å². The molecule has 0 aliphatic heterocycles. The standard InChI is InChI=1S/C15H25N3O2/c1-3-4-11-20-12-5-10-17-15(16)18-13-6-8-14(19-2)9-7-13/h6-9H,3-5,10-12H2,1-2H3,(H3,16,17,18). The Morgan fingerprint density at radius 2 is 1.90 bits per heavy atom. The van der Waals surface area contributed by atoms with Gasteiger partial charge in [0.15, 0.2) is 5.96 Å². The average Bonchev–Trinajstić information content (AvgIpc) is 2.47. The third kappa shape index (κ3) is 6.99. The van der Waals surface area contributed by atoms with Gasteiger partial charge >= 0.3 is 0 Å². The van der Waals surface area contributed by atoms with Gasteiger partial charge in [-0.1, -0.05) is 13.3 Å². The van der Waals surface area contributed by atoms with E-state index in [1.54, 1.807) is 7.11 Å². The second kappa shape index (κ2) is 10.1. The Labute approximate surface area is 121 Å². The fourth-order valence-corrected chi connectivity index (χ4v) is 1.58. The van der Waals surface area contributed by atoms with Gasteiger partial charge in [0, 0.05) is 25.4 Å². The van der Waals surface area contributed by atoms with E-state index < -0.39 is 0 Å². The zero-order valence-corrected chi connectivity index (χ0v) is 12.4. The summed E-state index contributed by atoms with van der Waals surface area (Å²) >= 11 is 0. The Morgan fingerprint density at radius 1 is 1.20 bits per heavy atom. The number of hydrogen-bond donors (Lipinski definition) is 2. The van der Waals surface area contributed by atoms with Gasteiger partial charge in [0.1, 0.15) is 5.75 Å². The van der Waals surface area contributed by atoms with E-state index in [4.69, 9.17) is 15.2 Å².